The maximum atomic E-state index is 13.0. The molecule has 1 N–H and O–H groups in total. The topological polar surface area (TPSA) is 84.9 Å². The van der Waals surface area contributed by atoms with E-state index in [2.05, 4.69) is 21.2 Å². The molecule has 0 aromatic heterocycles. The summed E-state index contributed by atoms with van der Waals surface area (Å²) in [6.07, 6.45) is 1.15. The molecule has 0 radical (unpaired) electrons. The van der Waals surface area contributed by atoms with Crippen LogP contribution in [0.2, 0.25) is 0 Å². The molecule has 31 heavy (non-hydrogen) atoms. The second kappa shape index (κ2) is 10.9. The Hall–Kier alpha value is -2.87. The van der Waals surface area contributed by atoms with E-state index >= 15 is 0 Å². The highest BCUT2D eigenvalue weighted by Gasteiger charge is 2.29. The lowest BCUT2D eigenvalue weighted by Crippen LogP contribution is -2.40. The van der Waals surface area contributed by atoms with Gasteiger partial charge in [-0.25, -0.2) is 0 Å². The number of carbonyl (C=O) groups excluding carboxylic acids is 3. The summed E-state index contributed by atoms with van der Waals surface area (Å²) in [6.45, 7) is 2.87. The van der Waals surface area contributed by atoms with Gasteiger partial charge in [-0.3, -0.25) is 14.4 Å². The van der Waals surface area contributed by atoms with Crippen LogP contribution < -0.4 is 10.1 Å². The van der Waals surface area contributed by atoms with E-state index in [1.54, 1.807) is 48.2 Å². The molecular formula is C23H25BrN2O5. The predicted molar refractivity (Wildman–Crippen MR) is 120 cm³/mol. The minimum atomic E-state index is -0.320. The summed E-state index contributed by atoms with van der Waals surface area (Å²) in [5, 5.41) is 2.75. The van der Waals surface area contributed by atoms with Gasteiger partial charge in [0.15, 0.2) is 6.61 Å². The average Bonchev–Trinajstić information content (AvgIpc) is 2.79. The van der Waals surface area contributed by atoms with Crippen LogP contribution in [0.25, 0.3) is 0 Å². The first-order valence-electron chi connectivity index (χ1n) is 10.2. The van der Waals surface area contributed by atoms with Gasteiger partial charge in [0.2, 0.25) is 0 Å². The third-order valence-electron chi connectivity index (χ3n) is 5.01. The van der Waals surface area contributed by atoms with Crippen LogP contribution in [0.5, 0.6) is 5.75 Å². The summed E-state index contributed by atoms with van der Waals surface area (Å²) in [5.41, 5.74) is 1.05. The molecule has 0 unspecified atom stereocenters. The number of benzene rings is 2. The molecule has 7 nitrogen and oxygen atoms in total. The largest absolute Gasteiger partial charge is 0.483 e. The van der Waals surface area contributed by atoms with Crippen molar-refractivity contribution in [2.75, 3.05) is 31.6 Å². The zero-order chi connectivity index (χ0) is 22.2. The smallest absolute Gasteiger partial charge is 0.309 e. The average molecular weight is 489 g/mol. The molecule has 0 saturated carbocycles. The van der Waals surface area contributed by atoms with Crippen LogP contribution in [0.4, 0.5) is 5.69 Å². The number of nitrogens with one attached hydrogen (secondary N) is 1. The van der Waals surface area contributed by atoms with Crippen molar-refractivity contribution in [1.29, 1.82) is 0 Å². The van der Waals surface area contributed by atoms with E-state index < -0.39 is 0 Å². The lowest BCUT2D eigenvalue weighted by molar-refractivity contribution is -0.149. The first-order chi connectivity index (χ1) is 15.0. The molecule has 0 spiro atoms. The van der Waals surface area contributed by atoms with Crippen LogP contribution in [0.15, 0.2) is 53.0 Å². The molecule has 1 heterocycles. The van der Waals surface area contributed by atoms with E-state index in [0.29, 0.717) is 49.5 Å². The number of rotatable bonds is 7. The van der Waals surface area contributed by atoms with Crippen LogP contribution in [0.3, 0.4) is 0 Å². The summed E-state index contributed by atoms with van der Waals surface area (Å²) < 4.78 is 11.7. The van der Waals surface area contributed by atoms with Crippen molar-refractivity contribution < 1.29 is 23.9 Å². The van der Waals surface area contributed by atoms with Gasteiger partial charge >= 0.3 is 5.97 Å². The zero-order valence-corrected chi connectivity index (χ0v) is 18.9. The van der Waals surface area contributed by atoms with E-state index in [-0.39, 0.29) is 30.3 Å². The Morgan fingerprint density at radius 3 is 2.42 bits per heavy atom. The highest BCUT2D eigenvalue weighted by atomic mass is 79.9. The number of halogens is 1. The molecule has 1 aliphatic heterocycles. The van der Waals surface area contributed by atoms with Crippen LogP contribution in [0.1, 0.15) is 30.1 Å². The number of likely N-dealkylation sites (tertiary alicyclic amines) is 1. The van der Waals surface area contributed by atoms with E-state index in [1.807, 2.05) is 12.1 Å². The van der Waals surface area contributed by atoms with Crippen molar-refractivity contribution in [1.82, 2.24) is 4.90 Å². The second-order valence-corrected chi connectivity index (χ2v) is 8.07. The molecule has 0 bridgehead atoms. The summed E-state index contributed by atoms with van der Waals surface area (Å²) in [4.78, 5) is 38.9. The number of amides is 2. The summed E-state index contributed by atoms with van der Waals surface area (Å²) in [7, 11) is 0. The van der Waals surface area contributed by atoms with Gasteiger partial charge in [-0.1, -0.05) is 28.1 Å². The van der Waals surface area contributed by atoms with Crippen molar-refractivity contribution >= 4 is 39.4 Å². The zero-order valence-electron chi connectivity index (χ0n) is 17.3. The van der Waals surface area contributed by atoms with Crippen molar-refractivity contribution in [3.63, 3.8) is 0 Å². The lowest BCUT2D eigenvalue weighted by atomic mass is 9.96. The summed E-state index contributed by atoms with van der Waals surface area (Å²) in [5.74, 6) is -0.509. The highest BCUT2D eigenvalue weighted by molar-refractivity contribution is 9.10. The molecule has 1 saturated heterocycles. The molecule has 3 rings (SSSR count). The first-order valence-corrected chi connectivity index (χ1v) is 11.0. The molecular weight excluding hydrogens is 464 g/mol. The van der Waals surface area contributed by atoms with Crippen LogP contribution in [0, 0.1) is 5.92 Å². The van der Waals surface area contributed by atoms with Gasteiger partial charge in [-0.05, 0) is 56.2 Å². The van der Waals surface area contributed by atoms with E-state index in [0.717, 1.165) is 4.47 Å². The quantitative estimate of drug-likeness (QED) is 0.597. The molecule has 0 atom stereocenters. The Morgan fingerprint density at radius 2 is 1.74 bits per heavy atom. The van der Waals surface area contributed by atoms with Crippen LogP contribution in [-0.4, -0.2) is 49.0 Å². The maximum Gasteiger partial charge on any atom is 0.309 e. The molecule has 164 valence electrons. The Morgan fingerprint density at radius 1 is 1.06 bits per heavy atom. The van der Waals surface area contributed by atoms with E-state index in [9.17, 15) is 14.4 Å². The summed E-state index contributed by atoms with van der Waals surface area (Å²) in [6, 6.07) is 14.1. The minimum Gasteiger partial charge on any atom is -0.483 e. The fraction of sp³-hybridized carbons (Fsp3) is 0.348. The SMILES string of the molecule is CCOC(=O)C1CCN(C(=O)c2ccccc2OCC(=O)Nc2ccc(Br)cc2)CC1. The third kappa shape index (κ3) is 6.30. The number of carbonyl (C=O) groups is 3. The van der Waals surface area contributed by atoms with Crippen molar-refractivity contribution in [3.05, 3.63) is 58.6 Å². The van der Waals surface area contributed by atoms with E-state index in [4.69, 9.17) is 9.47 Å². The number of hydrogen-bond donors (Lipinski definition) is 1. The minimum absolute atomic E-state index is 0.169. The second-order valence-electron chi connectivity index (χ2n) is 7.16. The molecule has 2 amide bonds. The number of esters is 1. The lowest BCUT2D eigenvalue weighted by Gasteiger charge is -2.31. The molecule has 8 heteroatoms. The molecule has 2 aromatic carbocycles. The Balaban J connectivity index is 1.57. The number of para-hydroxylation sites is 1. The number of piperidine rings is 1. The standard InChI is InChI=1S/C23H25BrN2O5/c1-2-30-23(29)16-11-13-26(14-12-16)22(28)19-5-3-4-6-20(19)31-15-21(27)25-18-9-7-17(24)8-10-18/h3-10,16H,2,11-15H2,1H3,(H,25,27). The number of nitrogens with zero attached hydrogens (tertiary/aromatic N) is 1. The fourth-order valence-corrected chi connectivity index (χ4v) is 3.66. The Kier molecular flexibility index (Phi) is 8.06. The maximum absolute atomic E-state index is 13.0. The van der Waals surface area contributed by atoms with Crippen molar-refractivity contribution in [3.8, 4) is 5.75 Å². The number of hydrogen-bond acceptors (Lipinski definition) is 5. The summed E-state index contributed by atoms with van der Waals surface area (Å²) >= 11 is 3.35. The Bertz CT molecular complexity index is 924. The van der Waals surface area contributed by atoms with Gasteiger partial charge in [0, 0.05) is 23.2 Å². The van der Waals surface area contributed by atoms with Crippen LogP contribution >= 0.6 is 15.9 Å². The highest BCUT2D eigenvalue weighted by Crippen LogP contribution is 2.24. The third-order valence-corrected chi connectivity index (χ3v) is 5.53. The van der Waals surface area contributed by atoms with Gasteiger partial charge < -0.3 is 19.7 Å². The predicted octanol–water partition coefficient (Wildman–Crippen LogP) is 3.88. The molecule has 1 aliphatic rings. The monoisotopic (exact) mass is 488 g/mol. The van der Waals surface area contributed by atoms with Crippen molar-refractivity contribution in [2.45, 2.75) is 19.8 Å². The fourth-order valence-electron chi connectivity index (χ4n) is 3.39. The van der Waals surface area contributed by atoms with Crippen LogP contribution in [-0.2, 0) is 14.3 Å². The van der Waals surface area contributed by atoms with Crippen molar-refractivity contribution in [2.24, 2.45) is 5.92 Å². The van der Waals surface area contributed by atoms with Gasteiger partial charge in [0.25, 0.3) is 11.8 Å². The first kappa shape index (κ1) is 22.8. The molecule has 0 aliphatic carbocycles. The van der Waals surface area contributed by atoms with Gasteiger partial charge in [0.1, 0.15) is 5.75 Å². The Labute approximate surface area is 189 Å². The molecule has 1 fully saturated rings. The molecule has 2 aromatic rings. The van der Waals surface area contributed by atoms with Gasteiger partial charge in [0.05, 0.1) is 18.1 Å². The normalized spacial score (nSPS) is 14.1. The van der Waals surface area contributed by atoms with Gasteiger partial charge in [-0.15, -0.1) is 0 Å². The number of anilines is 1. The van der Waals surface area contributed by atoms with E-state index in [1.165, 1.54) is 0 Å². The van der Waals surface area contributed by atoms with Gasteiger partial charge in [-0.2, -0.15) is 0 Å². The number of ether oxygens (including phenoxy) is 2.